The average Bonchev–Trinajstić information content (AvgIpc) is 3.04. The van der Waals surface area contributed by atoms with Crippen LogP contribution in [-0.4, -0.2) is 75.1 Å². The van der Waals surface area contributed by atoms with Gasteiger partial charge in [0.2, 0.25) is 0 Å². The minimum atomic E-state index is -0.313. The van der Waals surface area contributed by atoms with Crippen LogP contribution in [0.5, 0.6) is 0 Å². The van der Waals surface area contributed by atoms with Crippen LogP contribution in [0.25, 0.3) is 6.08 Å². The first-order valence-electron chi connectivity index (χ1n) is 10.8. The van der Waals surface area contributed by atoms with Gasteiger partial charge in [0, 0.05) is 50.9 Å². The number of amides is 1. The lowest BCUT2D eigenvalue weighted by molar-refractivity contribution is -0.123. The largest absolute Gasteiger partial charge is 0.395 e. The molecule has 0 atom stereocenters. The zero-order valence-electron chi connectivity index (χ0n) is 18.9. The number of carbonyl (C=O) groups is 1. The third kappa shape index (κ3) is 4.48. The normalized spacial score (nSPS) is 18.8. The van der Waals surface area contributed by atoms with Gasteiger partial charge in [0.05, 0.1) is 11.5 Å². The summed E-state index contributed by atoms with van der Waals surface area (Å²) >= 11 is 6.67. The second-order valence-electron chi connectivity index (χ2n) is 8.10. The topological polar surface area (TPSA) is 92.8 Å². The minimum absolute atomic E-state index is 0.0483. The molecule has 0 bridgehead atoms. The standard InChI is InChI=1S/C22H29N5O3S2/c1-5-26-19(25-8-6-24(7-9-25)10-11-28)16(15(4)17(13-23)20(26)29)12-18-21(30)27(14(2)3)22(31)32-18/h12,14,28H,5-11H2,1-4H3. The molecule has 1 amide bonds. The fraction of sp³-hybridized carbons (Fsp3) is 0.545. The van der Waals surface area contributed by atoms with Gasteiger partial charge in [-0.25, -0.2) is 0 Å². The molecular weight excluding hydrogens is 446 g/mol. The maximum absolute atomic E-state index is 13.1. The van der Waals surface area contributed by atoms with Crippen molar-refractivity contribution < 1.29 is 9.90 Å². The summed E-state index contributed by atoms with van der Waals surface area (Å²) in [5.74, 6) is 0.577. The molecule has 2 aliphatic rings. The number of piperazine rings is 1. The Morgan fingerprint density at radius 3 is 2.41 bits per heavy atom. The highest BCUT2D eigenvalue weighted by Gasteiger charge is 2.35. The Kier molecular flexibility index (Phi) is 7.77. The number of hydrogen-bond donors (Lipinski definition) is 1. The number of hydrogen-bond acceptors (Lipinski definition) is 8. The van der Waals surface area contributed by atoms with Crippen molar-refractivity contribution in [2.24, 2.45) is 0 Å². The van der Waals surface area contributed by atoms with Crippen LogP contribution in [0.4, 0.5) is 5.82 Å². The molecule has 0 spiro atoms. The van der Waals surface area contributed by atoms with E-state index >= 15 is 0 Å². The molecule has 1 aromatic heterocycles. The Morgan fingerprint density at radius 1 is 1.25 bits per heavy atom. The number of aliphatic hydroxyl groups excluding tert-OH is 1. The highest BCUT2D eigenvalue weighted by atomic mass is 32.2. The van der Waals surface area contributed by atoms with Crippen molar-refractivity contribution in [2.75, 3.05) is 44.2 Å². The number of aromatic nitrogens is 1. The van der Waals surface area contributed by atoms with Crippen molar-refractivity contribution in [2.45, 2.75) is 40.3 Å². The summed E-state index contributed by atoms with van der Waals surface area (Å²) in [7, 11) is 0. The number of pyridine rings is 1. The van der Waals surface area contributed by atoms with Crippen LogP contribution in [0.3, 0.4) is 0 Å². The number of anilines is 1. The van der Waals surface area contributed by atoms with E-state index in [0.717, 1.165) is 18.9 Å². The van der Waals surface area contributed by atoms with E-state index < -0.39 is 0 Å². The first kappa shape index (κ1) is 24.5. The van der Waals surface area contributed by atoms with Crippen molar-refractivity contribution in [3.05, 3.63) is 31.9 Å². The summed E-state index contributed by atoms with van der Waals surface area (Å²) in [6, 6.07) is 2.01. The molecule has 1 N–H and O–H groups in total. The molecule has 10 heteroatoms. The number of thioether (sulfide) groups is 1. The van der Waals surface area contributed by atoms with Crippen LogP contribution in [0.1, 0.15) is 37.5 Å². The Labute approximate surface area is 198 Å². The number of nitriles is 1. The van der Waals surface area contributed by atoms with E-state index in [1.54, 1.807) is 22.5 Å². The molecule has 0 unspecified atom stereocenters. The van der Waals surface area contributed by atoms with Crippen molar-refractivity contribution in [1.82, 2.24) is 14.4 Å². The van der Waals surface area contributed by atoms with Crippen LogP contribution in [0, 0.1) is 18.3 Å². The number of rotatable bonds is 6. The number of aliphatic hydroxyl groups is 1. The van der Waals surface area contributed by atoms with E-state index in [9.17, 15) is 20.0 Å². The van der Waals surface area contributed by atoms with E-state index in [0.29, 0.717) is 46.5 Å². The van der Waals surface area contributed by atoms with Crippen molar-refractivity contribution in [3.63, 3.8) is 0 Å². The van der Waals surface area contributed by atoms with Crippen molar-refractivity contribution >= 4 is 46.1 Å². The summed E-state index contributed by atoms with van der Waals surface area (Å²) in [5, 5.41) is 18.9. The number of nitrogens with zero attached hydrogens (tertiary/aromatic N) is 5. The van der Waals surface area contributed by atoms with Gasteiger partial charge in [-0.05, 0) is 39.3 Å². The monoisotopic (exact) mass is 475 g/mol. The van der Waals surface area contributed by atoms with Gasteiger partial charge >= 0.3 is 0 Å². The lowest BCUT2D eigenvalue weighted by atomic mass is 10.0. The van der Waals surface area contributed by atoms with Crippen LogP contribution in [-0.2, 0) is 11.3 Å². The summed E-state index contributed by atoms with van der Waals surface area (Å²) in [6.07, 6.45) is 1.79. The zero-order chi connectivity index (χ0) is 23.6. The lowest BCUT2D eigenvalue weighted by Crippen LogP contribution is -2.49. The minimum Gasteiger partial charge on any atom is -0.395 e. The molecule has 2 saturated heterocycles. The third-order valence-electron chi connectivity index (χ3n) is 5.87. The number of thiocarbonyl (C=S) groups is 1. The third-order valence-corrected chi connectivity index (χ3v) is 7.20. The smallest absolute Gasteiger partial charge is 0.270 e. The fourth-order valence-electron chi connectivity index (χ4n) is 4.16. The predicted molar refractivity (Wildman–Crippen MR) is 132 cm³/mol. The molecule has 0 aliphatic carbocycles. The van der Waals surface area contributed by atoms with Gasteiger partial charge < -0.3 is 10.0 Å². The van der Waals surface area contributed by atoms with Crippen LogP contribution >= 0.6 is 24.0 Å². The summed E-state index contributed by atoms with van der Waals surface area (Å²) in [4.78, 5) is 32.5. The first-order valence-corrected chi connectivity index (χ1v) is 12.0. The molecule has 0 saturated carbocycles. The predicted octanol–water partition coefficient (Wildman–Crippen LogP) is 1.77. The summed E-state index contributed by atoms with van der Waals surface area (Å²) < 4.78 is 2.14. The van der Waals surface area contributed by atoms with Gasteiger partial charge in [0.1, 0.15) is 21.8 Å². The molecule has 172 valence electrons. The molecule has 0 aromatic carbocycles. The Balaban J connectivity index is 2.15. The molecule has 0 radical (unpaired) electrons. The molecule has 3 rings (SSSR count). The van der Waals surface area contributed by atoms with Crippen LogP contribution < -0.4 is 10.5 Å². The van der Waals surface area contributed by atoms with Crippen LogP contribution in [0.15, 0.2) is 9.70 Å². The van der Waals surface area contributed by atoms with E-state index in [1.807, 2.05) is 20.8 Å². The lowest BCUT2D eigenvalue weighted by Gasteiger charge is -2.37. The fourth-order valence-corrected chi connectivity index (χ4v) is 5.66. The Morgan fingerprint density at radius 2 is 1.91 bits per heavy atom. The molecular formula is C22H29N5O3S2. The molecule has 3 heterocycles. The van der Waals surface area contributed by atoms with Crippen LogP contribution in [0.2, 0.25) is 0 Å². The van der Waals surface area contributed by atoms with Gasteiger partial charge in [-0.2, -0.15) is 5.26 Å². The maximum atomic E-state index is 13.1. The Hall–Kier alpha value is -2.19. The first-order chi connectivity index (χ1) is 15.2. The van der Waals surface area contributed by atoms with Gasteiger partial charge in [-0.1, -0.05) is 24.0 Å². The Bertz CT molecular complexity index is 1050. The molecule has 2 fully saturated rings. The van der Waals surface area contributed by atoms with E-state index in [-0.39, 0.29) is 29.7 Å². The SMILES string of the molecule is CCn1c(N2CCN(CCO)CC2)c(C=C2SC(=S)N(C(C)C)C2=O)c(C)c(C#N)c1=O. The maximum Gasteiger partial charge on any atom is 0.270 e. The van der Waals surface area contributed by atoms with E-state index in [2.05, 4.69) is 15.9 Å². The van der Waals surface area contributed by atoms with Crippen molar-refractivity contribution in [3.8, 4) is 6.07 Å². The molecule has 2 aliphatic heterocycles. The zero-order valence-corrected chi connectivity index (χ0v) is 20.6. The second-order valence-corrected chi connectivity index (χ2v) is 9.77. The molecule has 32 heavy (non-hydrogen) atoms. The highest BCUT2D eigenvalue weighted by molar-refractivity contribution is 8.26. The van der Waals surface area contributed by atoms with Gasteiger partial charge in [-0.3, -0.25) is 24.0 Å². The van der Waals surface area contributed by atoms with Gasteiger partial charge in [0.25, 0.3) is 11.5 Å². The van der Waals surface area contributed by atoms with E-state index in [4.69, 9.17) is 12.2 Å². The second kappa shape index (κ2) is 10.2. The number of β-amino-alcohol motifs (C(OH)–C–C–N with tert-alkyl or cyclic N) is 1. The van der Waals surface area contributed by atoms with Gasteiger partial charge in [0.15, 0.2) is 0 Å². The molecule has 1 aromatic rings. The highest BCUT2D eigenvalue weighted by Crippen LogP contribution is 2.36. The quantitative estimate of drug-likeness (QED) is 0.492. The van der Waals surface area contributed by atoms with Gasteiger partial charge in [-0.15, -0.1) is 0 Å². The van der Waals surface area contributed by atoms with Crippen molar-refractivity contribution in [1.29, 1.82) is 5.26 Å². The van der Waals surface area contributed by atoms with E-state index in [1.165, 1.54) is 11.8 Å². The number of carbonyl (C=O) groups excluding carboxylic acids is 1. The summed E-state index contributed by atoms with van der Waals surface area (Å²) in [6.45, 7) is 11.5. The molecule has 8 nitrogen and oxygen atoms in total. The average molecular weight is 476 g/mol. The summed E-state index contributed by atoms with van der Waals surface area (Å²) in [5.41, 5.74) is 1.07.